The van der Waals surface area contributed by atoms with Crippen molar-refractivity contribution in [3.63, 3.8) is 0 Å². The highest BCUT2D eigenvalue weighted by Crippen LogP contribution is 2.40. The van der Waals surface area contributed by atoms with Crippen LogP contribution in [0.2, 0.25) is 0 Å². The molecule has 0 aromatic heterocycles. The molecule has 1 nitrogen and oxygen atoms in total. The van der Waals surface area contributed by atoms with Crippen molar-refractivity contribution in [3.05, 3.63) is 120 Å². The fourth-order valence-electron chi connectivity index (χ4n) is 2.95. The highest BCUT2D eigenvalue weighted by atomic mass is 16.5. The average Bonchev–Trinajstić information content (AvgIpc) is 2.65. The lowest BCUT2D eigenvalue weighted by molar-refractivity contribution is 0.0321. The molecule has 0 amide bonds. The van der Waals surface area contributed by atoms with Crippen LogP contribution < -0.4 is 0 Å². The molecule has 0 unspecified atom stereocenters. The Bertz CT molecular complexity index is 636. The molecule has 0 saturated carbocycles. The van der Waals surface area contributed by atoms with Crippen molar-refractivity contribution in [2.45, 2.75) is 5.60 Å². The zero-order valence-electron chi connectivity index (χ0n) is 13.1. The summed E-state index contributed by atoms with van der Waals surface area (Å²) >= 11 is 0. The van der Waals surface area contributed by atoms with Gasteiger partial charge in [-0.2, -0.15) is 0 Å². The molecular weight excluding hydrogens is 280 g/mol. The molecule has 1 heteroatoms. The minimum absolute atomic E-state index is 0.471. The van der Waals surface area contributed by atoms with E-state index < -0.39 is 5.60 Å². The molecule has 3 aromatic rings. The lowest BCUT2D eigenvalue weighted by Crippen LogP contribution is -2.33. The van der Waals surface area contributed by atoms with Crippen LogP contribution in [0.5, 0.6) is 0 Å². The predicted molar refractivity (Wildman–Crippen MR) is 95.4 cm³/mol. The van der Waals surface area contributed by atoms with Gasteiger partial charge in [0.05, 0.1) is 6.61 Å². The number of rotatable bonds is 6. The van der Waals surface area contributed by atoms with Crippen LogP contribution >= 0.6 is 0 Å². The summed E-state index contributed by atoms with van der Waals surface area (Å²) in [6, 6.07) is 31.1. The maximum absolute atomic E-state index is 6.42. The second-order valence-corrected chi connectivity index (χ2v) is 5.38. The van der Waals surface area contributed by atoms with Crippen molar-refractivity contribution in [1.82, 2.24) is 0 Å². The third kappa shape index (κ3) is 2.96. The van der Waals surface area contributed by atoms with Gasteiger partial charge >= 0.3 is 0 Å². The maximum atomic E-state index is 6.42. The van der Waals surface area contributed by atoms with Crippen molar-refractivity contribution in [1.29, 1.82) is 0 Å². The maximum Gasteiger partial charge on any atom is 0.144 e. The van der Waals surface area contributed by atoms with Crippen molar-refractivity contribution >= 4 is 0 Å². The average molecular weight is 300 g/mol. The van der Waals surface area contributed by atoms with Gasteiger partial charge < -0.3 is 4.74 Å². The first-order valence-corrected chi connectivity index (χ1v) is 7.79. The standard InChI is InChI=1S/C22H20O/c1-2-18-23-22(19-12-6-3-7-13-19,20-14-8-4-9-15-20)21-16-10-5-11-17-21/h2-17H,1,18H2. The van der Waals surface area contributed by atoms with E-state index in [0.29, 0.717) is 6.61 Å². The minimum atomic E-state index is -0.641. The molecule has 0 atom stereocenters. The van der Waals surface area contributed by atoms with Crippen molar-refractivity contribution in [3.8, 4) is 0 Å². The van der Waals surface area contributed by atoms with Crippen molar-refractivity contribution in [2.24, 2.45) is 0 Å². The van der Waals surface area contributed by atoms with Crippen LogP contribution in [0.1, 0.15) is 16.7 Å². The van der Waals surface area contributed by atoms with Crippen molar-refractivity contribution in [2.75, 3.05) is 6.61 Å². The molecule has 0 aliphatic carbocycles. The first-order chi connectivity index (χ1) is 11.4. The molecule has 0 N–H and O–H groups in total. The van der Waals surface area contributed by atoms with Gasteiger partial charge in [-0.3, -0.25) is 0 Å². The number of benzene rings is 3. The van der Waals surface area contributed by atoms with E-state index in [9.17, 15) is 0 Å². The second kappa shape index (κ2) is 7.08. The van der Waals surface area contributed by atoms with Gasteiger partial charge in [0.2, 0.25) is 0 Å². The summed E-state index contributed by atoms with van der Waals surface area (Å²) in [5.41, 5.74) is 2.69. The van der Waals surface area contributed by atoms with Gasteiger partial charge in [-0.1, -0.05) is 97.1 Å². The Morgan fingerprint density at radius 2 is 1.00 bits per heavy atom. The van der Waals surface area contributed by atoms with Gasteiger partial charge in [-0.25, -0.2) is 0 Å². The van der Waals surface area contributed by atoms with Gasteiger partial charge in [-0.05, 0) is 16.7 Å². The molecule has 0 bridgehead atoms. The van der Waals surface area contributed by atoms with Gasteiger partial charge in [0.25, 0.3) is 0 Å². The van der Waals surface area contributed by atoms with Crippen LogP contribution in [0.4, 0.5) is 0 Å². The van der Waals surface area contributed by atoms with E-state index in [-0.39, 0.29) is 0 Å². The van der Waals surface area contributed by atoms with E-state index in [1.165, 1.54) is 0 Å². The Labute approximate surface area is 137 Å². The molecule has 0 heterocycles. The van der Waals surface area contributed by atoms with Gasteiger partial charge in [-0.15, -0.1) is 6.58 Å². The fraction of sp³-hybridized carbons (Fsp3) is 0.0909. The normalized spacial score (nSPS) is 11.1. The molecule has 0 aliphatic rings. The third-order valence-electron chi connectivity index (χ3n) is 3.96. The van der Waals surface area contributed by atoms with E-state index in [2.05, 4.69) is 43.0 Å². The summed E-state index contributed by atoms with van der Waals surface area (Å²) in [6.07, 6.45) is 1.80. The number of ether oxygens (including phenoxy) is 1. The Kier molecular flexibility index (Phi) is 4.70. The summed E-state index contributed by atoms with van der Waals surface area (Å²) in [5, 5.41) is 0. The first kappa shape index (κ1) is 15.3. The Balaban J connectivity index is 2.27. The minimum Gasteiger partial charge on any atom is -0.357 e. The Hall–Kier alpha value is -2.64. The molecule has 3 rings (SSSR count). The van der Waals surface area contributed by atoms with Gasteiger partial charge in [0.1, 0.15) is 5.60 Å². The summed E-state index contributed by atoms with van der Waals surface area (Å²) in [4.78, 5) is 0. The highest BCUT2D eigenvalue weighted by Gasteiger charge is 2.36. The lowest BCUT2D eigenvalue weighted by atomic mass is 9.80. The number of hydrogen-bond acceptors (Lipinski definition) is 1. The van der Waals surface area contributed by atoms with E-state index in [0.717, 1.165) is 16.7 Å². The van der Waals surface area contributed by atoms with Gasteiger partial charge in [0.15, 0.2) is 0 Å². The third-order valence-corrected chi connectivity index (χ3v) is 3.96. The fourth-order valence-corrected chi connectivity index (χ4v) is 2.95. The van der Waals surface area contributed by atoms with Crippen LogP contribution in [0.3, 0.4) is 0 Å². The number of hydrogen-bond donors (Lipinski definition) is 0. The molecule has 3 aromatic carbocycles. The summed E-state index contributed by atoms with van der Waals surface area (Å²) in [7, 11) is 0. The Morgan fingerprint density at radius 1 is 0.652 bits per heavy atom. The van der Waals surface area contributed by atoms with Crippen LogP contribution in [-0.4, -0.2) is 6.61 Å². The molecule has 0 aliphatic heterocycles. The largest absolute Gasteiger partial charge is 0.357 e. The monoisotopic (exact) mass is 300 g/mol. The molecule has 0 fully saturated rings. The van der Waals surface area contributed by atoms with E-state index >= 15 is 0 Å². The second-order valence-electron chi connectivity index (χ2n) is 5.38. The molecule has 0 radical (unpaired) electrons. The van der Waals surface area contributed by atoms with Gasteiger partial charge in [0, 0.05) is 0 Å². The summed E-state index contributed by atoms with van der Waals surface area (Å²) in [5.74, 6) is 0. The first-order valence-electron chi connectivity index (χ1n) is 7.79. The molecule has 114 valence electrons. The van der Waals surface area contributed by atoms with Crippen LogP contribution in [0.25, 0.3) is 0 Å². The summed E-state index contributed by atoms with van der Waals surface area (Å²) in [6.45, 7) is 4.29. The Morgan fingerprint density at radius 3 is 1.30 bits per heavy atom. The zero-order chi connectivity index (χ0) is 16.0. The van der Waals surface area contributed by atoms with Crippen molar-refractivity contribution < 1.29 is 4.74 Å². The predicted octanol–water partition coefficient (Wildman–Crippen LogP) is 5.18. The molecular formula is C22H20O. The lowest BCUT2D eigenvalue weighted by Gasteiger charge is -2.35. The van der Waals surface area contributed by atoms with Crippen LogP contribution in [0.15, 0.2) is 104 Å². The topological polar surface area (TPSA) is 9.23 Å². The summed E-state index contributed by atoms with van der Waals surface area (Å²) < 4.78 is 6.42. The smallest absolute Gasteiger partial charge is 0.144 e. The van der Waals surface area contributed by atoms with E-state index in [1.54, 1.807) is 6.08 Å². The molecule has 23 heavy (non-hydrogen) atoms. The zero-order valence-corrected chi connectivity index (χ0v) is 13.1. The van der Waals surface area contributed by atoms with E-state index in [1.807, 2.05) is 54.6 Å². The van der Waals surface area contributed by atoms with Crippen LogP contribution in [-0.2, 0) is 10.3 Å². The highest BCUT2D eigenvalue weighted by molar-refractivity contribution is 5.47. The SMILES string of the molecule is C=CCOC(c1ccccc1)(c1ccccc1)c1ccccc1. The molecule has 0 spiro atoms. The quantitative estimate of drug-likeness (QED) is 0.450. The van der Waals surface area contributed by atoms with E-state index in [4.69, 9.17) is 4.74 Å². The molecule has 0 saturated heterocycles. The van der Waals surface area contributed by atoms with Crippen LogP contribution in [0, 0.1) is 0 Å².